The molecule has 0 atom stereocenters. The van der Waals surface area contributed by atoms with Crippen LogP contribution in [0.1, 0.15) is 12.5 Å². The summed E-state index contributed by atoms with van der Waals surface area (Å²) in [5.41, 5.74) is 2.78. The van der Waals surface area contributed by atoms with Crippen molar-refractivity contribution in [1.82, 2.24) is 4.31 Å². The van der Waals surface area contributed by atoms with Gasteiger partial charge in [0, 0.05) is 26.2 Å². The van der Waals surface area contributed by atoms with E-state index in [2.05, 4.69) is 17.1 Å². The molecule has 0 unspecified atom stereocenters. The fourth-order valence-electron chi connectivity index (χ4n) is 3.27. The predicted octanol–water partition coefficient (Wildman–Crippen LogP) is 2.35. The molecule has 1 aliphatic rings. The van der Waals surface area contributed by atoms with Crippen LogP contribution < -0.4 is 15.0 Å². The molecule has 1 saturated heterocycles. The number of hydrogen-bond acceptors (Lipinski definition) is 5. The lowest BCUT2D eigenvalue weighted by atomic mass is 10.2. The summed E-state index contributed by atoms with van der Waals surface area (Å²) in [4.78, 5) is 14.5. The second-order valence-electron chi connectivity index (χ2n) is 7.00. The van der Waals surface area contributed by atoms with Gasteiger partial charge in [0.25, 0.3) is 5.91 Å². The van der Waals surface area contributed by atoms with E-state index in [1.54, 1.807) is 0 Å². The Hall–Kier alpha value is -2.58. The topological polar surface area (TPSA) is 79.0 Å². The van der Waals surface area contributed by atoms with E-state index < -0.39 is 10.0 Å². The summed E-state index contributed by atoms with van der Waals surface area (Å²) >= 11 is 0. The van der Waals surface area contributed by atoms with Crippen LogP contribution in [0.3, 0.4) is 0 Å². The number of rotatable bonds is 7. The van der Waals surface area contributed by atoms with Crippen LogP contribution in [-0.4, -0.2) is 57.7 Å². The molecular weight excluding hydrogens is 390 g/mol. The third kappa shape index (κ3) is 5.71. The molecule has 8 heteroatoms. The first kappa shape index (κ1) is 21.1. The van der Waals surface area contributed by atoms with Crippen molar-refractivity contribution in [1.29, 1.82) is 0 Å². The molecule has 1 heterocycles. The van der Waals surface area contributed by atoms with Crippen molar-refractivity contribution in [2.45, 2.75) is 13.3 Å². The van der Waals surface area contributed by atoms with Gasteiger partial charge in [-0.1, -0.05) is 31.2 Å². The normalized spacial score (nSPS) is 15.2. The Kier molecular flexibility index (Phi) is 6.76. The molecule has 0 spiro atoms. The van der Waals surface area contributed by atoms with E-state index in [1.165, 1.54) is 16.1 Å². The first-order valence-corrected chi connectivity index (χ1v) is 11.5. The largest absolute Gasteiger partial charge is 0.484 e. The van der Waals surface area contributed by atoms with Gasteiger partial charge in [0.1, 0.15) is 5.75 Å². The van der Waals surface area contributed by atoms with Crippen LogP contribution in [0.4, 0.5) is 11.4 Å². The van der Waals surface area contributed by atoms with E-state index >= 15 is 0 Å². The summed E-state index contributed by atoms with van der Waals surface area (Å²) in [7, 11) is -3.18. The monoisotopic (exact) mass is 417 g/mol. The minimum absolute atomic E-state index is 0.0817. The molecule has 2 aromatic carbocycles. The molecule has 1 aliphatic heterocycles. The van der Waals surface area contributed by atoms with Crippen LogP contribution in [0.2, 0.25) is 0 Å². The van der Waals surface area contributed by atoms with Gasteiger partial charge in [-0.05, 0) is 36.2 Å². The van der Waals surface area contributed by atoms with E-state index in [0.717, 1.165) is 12.1 Å². The van der Waals surface area contributed by atoms with Gasteiger partial charge in [0.05, 0.1) is 17.6 Å². The molecule has 156 valence electrons. The molecule has 0 bridgehead atoms. The Bertz CT molecular complexity index is 937. The number of benzene rings is 2. The molecule has 0 saturated carbocycles. The van der Waals surface area contributed by atoms with Gasteiger partial charge in [0.15, 0.2) is 6.61 Å². The van der Waals surface area contributed by atoms with Crippen molar-refractivity contribution in [2.24, 2.45) is 0 Å². The Morgan fingerprint density at radius 3 is 2.31 bits per heavy atom. The second-order valence-corrected chi connectivity index (χ2v) is 8.98. The number of ether oxygens (including phenoxy) is 1. The zero-order valence-electron chi connectivity index (χ0n) is 16.8. The molecule has 0 radical (unpaired) electrons. The lowest BCUT2D eigenvalue weighted by molar-refractivity contribution is -0.118. The first-order valence-electron chi connectivity index (χ1n) is 9.67. The van der Waals surface area contributed by atoms with Gasteiger partial charge < -0.3 is 15.0 Å². The molecule has 1 amide bonds. The summed E-state index contributed by atoms with van der Waals surface area (Å²) in [6.45, 7) is 4.00. The zero-order valence-corrected chi connectivity index (χ0v) is 17.6. The van der Waals surface area contributed by atoms with E-state index in [1.807, 2.05) is 48.5 Å². The standard InChI is InChI=1S/C21H27N3O4S/c1-3-17-8-10-18(11-9-17)28-16-21(25)22-19-6-4-5-7-20(19)23-12-14-24(15-13-23)29(2,26)27/h4-11H,3,12-16H2,1-2H3,(H,22,25). The van der Waals surface area contributed by atoms with Gasteiger partial charge in [-0.2, -0.15) is 4.31 Å². The number of aryl methyl sites for hydroxylation is 1. The Balaban J connectivity index is 1.59. The minimum Gasteiger partial charge on any atom is -0.484 e. The molecular formula is C21H27N3O4S. The van der Waals surface area contributed by atoms with Crippen molar-refractivity contribution < 1.29 is 17.9 Å². The number of hydrogen-bond donors (Lipinski definition) is 1. The SMILES string of the molecule is CCc1ccc(OCC(=O)Nc2ccccc2N2CCN(S(C)(=O)=O)CC2)cc1. The highest BCUT2D eigenvalue weighted by Crippen LogP contribution is 2.27. The maximum Gasteiger partial charge on any atom is 0.262 e. The van der Waals surface area contributed by atoms with Crippen molar-refractivity contribution >= 4 is 27.3 Å². The third-order valence-corrected chi connectivity index (χ3v) is 6.23. The third-order valence-electron chi connectivity index (χ3n) is 4.93. The number of para-hydroxylation sites is 2. The Labute approximate surface area is 172 Å². The molecule has 1 fully saturated rings. The van der Waals surface area contributed by atoms with Crippen LogP contribution >= 0.6 is 0 Å². The fourth-order valence-corrected chi connectivity index (χ4v) is 4.10. The summed E-state index contributed by atoms with van der Waals surface area (Å²) < 4.78 is 30.5. The maximum absolute atomic E-state index is 12.4. The molecule has 0 aliphatic carbocycles. The minimum atomic E-state index is -3.18. The summed E-state index contributed by atoms with van der Waals surface area (Å²) in [6, 6.07) is 15.2. The summed E-state index contributed by atoms with van der Waals surface area (Å²) in [6.07, 6.45) is 2.18. The smallest absolute Gasteiger partial charge is 0.262 e. The highest BCUT2D eigenvalue weighted by atomic mass is 32.2. The molecule has 7 nitrogen and oxygen atoms in total. The molecule has 0 aromatic heterocycles. The van der Waals surface area contributed by atoms with Gasteiger partial charge in [-0.25, -0.2) is 8.42 Å². The van der Waals surface area contributed by atoms with Gasteiger partial charge in [0.2, 0.25) is 10.0 Å². The lowest BCUT2D eigenvalue weighted by Crippen LogP contribution is -2.48. The van der Waals surface area contributed by atoms with Crippen molar-refractivity contribution in [3.63, 3.8) is 0 Å². The highest BCUT2D eigenvalue weighted by molar-refractivity contribution is 7.88. The number of anilines is 2. The van der Waals surface area contributed by atoms with Gasteiger partial charge in [-0.15, -0.1) is 0 Å². The quantitative estimate of drug-likeness (QED) is 0.748. The lowest BCUT2D eigenvalue weighted by Gasteiger charge is -2.35. The van der Waals surface area contributed by atoms with E-state index in [-0.39, 0.29) is 12.5 Å². The second kappa shape index (κ2) is 9.28. The average molecular weight is 418 g/mol. The molecule has 1 N–H and O–H groups in total. The average Bonchev–Trinajstić information content (AvgIpc) is 2.72. The van der Waals surface area contributed by atoms with Crippen LogP contribution in [0.5, 0.6) is 5.75 Å². The van der Waals surface area contributed by atoms with Crippen molar-refractivity contribution in [2.75, 3.05) is 49.3 Å². The Morgan fingerprint density at radius 2 is 1.69 bits per heavy atom. The van der Waals surface area contributed by atoms with Gasteiger partial charge in [-0.3, -0.25) is 4.79 Å². The van der Waals surface area contributed by atoms with Crippen LogP contribution in [0.15, 0.2) is 48.5 Å². The number of carbonyl (C=O) groups excluding carboxylic acids is 1. The van der Waals surface area contributed by atoms with E-state index in [9.17, 15) is 13.2 Å². The fraction of sp³-hybridized carbons (Fsp3) is 0.381. The number of amides is 1. The number of piperazine rings is 1. The number of carbonyl (C=O) groups is 1. The number of sulfonamides is 1. The highest BCUT2D eigenvalue weighted by Gasteiger charge is 2.24. The van der Waals surface area contributed by atoms with Gasteiger partial charge >= 0.3 is 0 Å². The molecule has 2 aromatic rings. The first-order chi connectivity index (χ1) is 13.9. The van der Waals surface area contributed by atoms with Crippen molar-refractivity contribution in [3.05, 3.63) is 54.1 Å². The summed E-state index contributed by atoms with van der Waals surface area (Å²) in [5.74, 6) is 0.411. The van der Waals surface area contributed by atoms with Crippen LogP contribution in [0.25, 0.3) is 0 Å². The molecule has 3 rings (SSSR count). The zero-order chi connectivity index (χ0) is 20.9. The number of nitrogens with zero attached hydrogens (tertiary/aromatic N) is 2. The Morgan fingerprint density at radius 1 is 1.03 bits per heavy atom. The van der Waals surface area contributed by atoms with Crippen LogP contribution in [0, 0.1) is 0 Å². The summed E-state index contributed by atoms with van der Waals surface area (Å²) in [5, 5.41) is 2.90. The van der Waals surface area contributed by atoms with E-state index in [0.29, 0.717) is 37.6 Å². The molecule has 29 heavy (non-hydrogen) atoms. The van der Waals surface area contributed by atoms with Crippen molar-refractivity contribution in [3.8, 4) is 5.75 Å². The van der Waals surface area contributed by atoms with E-state index in [4.69, 9.17) is 4.74 Å². The maximum atomic E-state index is 12.4. The predicted molar refractivity (Wildman–Crippen MR) is 115 cm³/mol. The van der Waals surface area contributed by atoms with Crippen LogP contribution in [-0.2, 0) is 21.2 Å². The number of nitrogens with one attached hydrogen (secondary N) is 1.